The molecule has 0 aliphatic rings. The van der Waals surface area contributed by atoms with E-state index in [-0.39, 0.29) is 0 Å². The smallest absolute Gasteiger partial charge is 0.161 e. The van der Waals surface area contributed by atoms with Gasteiger partial charge in [0.2, 0.25) is 0 Å². The van der Waals surface area contributed by atoms with Crippen LogP contribution in [0.2, 0.25) is 0 Å². The van der Waals surface area contributed by atoms with Crippen LogP contribution in [0.3, 0.4) is 0 Å². The summed E-state index contributed by atoms with van der Waals surface area (Å²) in [5, 5.41) is 12.7. The van der Waals surface area contributed by atoms with Gasteiger partial charge >= 0.3 is 0 Å². The van der Waals surface area contributed by atoms with Crippen LogP contribution in [0.15, 0.2) is 40.9 Å². The number of nitrogens with one attached hydrogen (secondary N) is 1. The van der Waals surface area contributed by atoms with Gasteiger partial charge in [0.15, 0.2) is 11.5 Å². The molecule has 0 saturated carbocycles. The second kappa shape index (κ2) is 8.06. The number of phenolic OH excluding ortho intramolecular Hbond substituents is 1. The maximum atomic E-state index is 9.26. The molecule has 0 heterocycles. The molecule has 2 N–H and O–H groups in total. The summed E-state index contributed by atoms with van der Waals surface area (Å²) < 4.78 is 11.6. The first-order valence-electron chi connectivity index (χ1n) is 7.03. The summed E-state index contributed by atoms with van der Waals surface area (Å²) in [5.41, 5.74) is 2.31. The van der Waals surface area contributed by atoms with Crippen molar-refractivity contribution in [3.8, 4) is 17.2 Å². The first-order valence-corrected chi connectivity index (χ1v) is 7.82. The molecule has 0 fully saturated rings. The van der Waals surface area contributed by atoms with E-state index in [0.717, 1.165) is 35.3 Å². The quantitative estimate of drug-likeness (QED) is 0.737. The van der Waals surface area contributed by atoms with Gasteiger partial charge in [-0.25, -0.2) is 0 Å². The molecular formula is C17H20BrNO3. The molecule has 22 heavy (non-hydrogen) atoms. The third-order valence-electron chi connectivity index (χ3n) is 3.39. The number of methoxy groups -OCH3 is 2. The lowest BCUT2D eigenvalue weighted by Crippen LogP contribution is -2.17. The van der Waals surface area contributed by atoms with Crippen molar-refractivity contribution in [1.82, 2.24) is 5.32 Å². The van der Waals surface area contributed by atoms with Crippen molar-refractivity contribution >= 4 is 15.9 Å². The van der Waals surface area contributed by atoms with Crippen molar-refractivity contribution < 1.29 is 14.6 Å². The molecule has 0 bridgehead atoms. The number of hydrogen-bond donors (Lipinski definition) is 2. The SMILES string of the molecule is COc1cc(Br)c(CNCCc2ccc(O)cc2)cc1OC. The molecule has 0 saturated heterocycles. The molecular weight excluding hydrogens is 346 g/mol. The van der Waals surface area contributed by atoms with Crippen LogP contribution in [0, 0.1) is 0 Å². The van der Waals surface area contributed by atoms with E-state index in [0.29, 0.717) is 11.5 Å². The van der Waals surface area contributed by atoms with Crippen LogP contribution in [-0.2, 0) is 13.0 Å². The Bertz CT molecular complexity index is 614. The standard InChI is InChI=1S/C17H20BrNO3/c1-21-16-9-13(15(18)10-17(16)22-2)11-19-8-7-12-3-5-14(20)6-4-12/h3-6,9-10,19-20H,7-8,11H2,1-2H3. The first kappa shape index (κ1) is 16.6. The van der Waals surface area contributed by atoms with Crippen molar-refractivity contribution in [2.45, 2.75) is 13.0 Å². The fraction of sp³-hybridized carbons (Fsp3) is 0.294. The molecule has 0 unspecified atom stereocenters. The summed E-state index contributed by atoms with van der Waals surface area (Å²) in [6.07, 6.45) is 0.908. The molecule has 0 spiro atoms. The van der Waals surface area contributed by atoms with Gasteiger partial charge in [0.1, 0.15) is 5.75 Å². The van der Waals surface area contributed by atoms with Crippen LogP contribution in [0.5, 0.6) is 17.2 Å². The minimum atomic E-state index is 0.297. The molecule has 0 aliphatic carbocycles. The zero-order chi connectivity index (χ0) is 15.9. The van der Waals surface area contributed by atoms with Crippen molar-refractivity contribution in [3.63, 3.8) is 0 Å². The second-order valence-corrected chi connectivity index (χ2v) is 5.75. The third kappa shape index (κ3) is 4.39. The average Bonchev–Trinajstić information content (AvgIpc) is 2.54. The summed E-state index contributed by atoms with van der Waals surface area (Å²) in [5.74, 6) is 1.73. The van der Waals surface area contributed by atoms with E-state index in [9.17, 15) is 5.11 Å². The van der Waals surface area contributed by atoms with Gasteiger partial charge in [0, 0.05) is 11.0 Å². The Morgan fingerprint density at radius 1 is 1.05 bits per heavy atom. The van der Waals surface area contributed by atoms with Crippen molar-refractivity contribution in [1.29, 1.82) is 0 Å². The van der Waals surface area contributed by atoms with Crippen LogP contribution < -0.4 is 14.8 Å². The molecule has 5 heteroatoms. The Morgan fingerprint density at radius 3 is 2.32 bits per heavy atom. The molecule has 0 amide bonds. The fourth-order valence-corrected chi connectivity index (χ4v) is 2.61. The van der Waals surface area contributed by atoms with E-state index in [1.165, 1.54) is 5.56 Å². The Morgan fingerprint density at radius 2 is 1.68 bits per heavy atom. The second-order valence-electron chi connectivity index (χ2n) is 4.89. The normalized spacial score (nSPS) is 10.5. The zero-order valence-corrected chi connectivity index (χ0v) is 14.3. The summed E-state index contributed by atoms with van der Waals surface area (Å²) in [4.78, 5) is 0. The van der Waals surface area contributed by atoms with E-state index < -0.39 is 0 Å². The Balaban J connectivity index is 1.90. The predicted octanol–water partition coefficient (Wildman–Crippen LogP) is 3.50. The molecule has 0 radical (unpaired) electrons. The number of hydrogen-bond acceptors (Lipinski definition) is 4. The molecule has 2 rings (SSSR count). The highest BCUT2D eigenvalue weighted by Crippen LogP contribution is 2.33. The molecule has 0 aromatic heterocycles. The Hall–Kier alpha value is -1.72. The summed E-state index contributed by atoms with van der Waals surface area (Å²) in [6, 6.07) is 11.2. The maximum Gasteiger partial charge on any atom is 0.161 e. The third-order valence-corrected chi connectivity index (χ3v) is 4.13. The largest absolute Gasteiger partial charge is 0.508 e. The highest BCUT2D eigenvalue weighted by atomic mass is 79.9. The van der Waals surface area contributed by atoms with Crippen LogP contribution in [0.25, 0.3) is 0 Å². The van der Waals surface area contributed by atoms with Crippen LogP contribution >= 0.6 is 15.9 Å². The summed E-state index contributed by atoms with van der Waals surface area (Å²) >= 11 is 3.55. The van der Waals surface area contributed by atoms with E-state index in [4.69, 9.17) is 9.47 Å². The van der Waals surface area contributed by atoms with Crippen LogP contribution in [0.4, 0.5) is 0 Å². The molecule has 2 aromatic rings. The Kier molecular flexibility index (Phi) is 6.10. The van der Waals surface area contributed by atoms with E-state index >= 15 is 0 Å². The van der Waals surface area contributed by atoms with Gasteiger partial charge in [0.25, 0.3) is 0 Å². The van der Waals surface area contributed by atoms with Crippen molar-refractivity contribution in [3.05, 3.63) is 52.0 Å². The van der Waals surface area contributed by atoms with Gasteiger partial charge in [-0.1, -0.05) is 28.1 Å². The van der Waals surface area contributed by atoms with Gasteiger partial charge in [-0.3, -0.25) is 0 Å². The zero-order valence-electron chi connectivity index (χ0n) is 12.7. The van der Waals surface area contributed by atoms with Crippen LogP contribution in [0.1, 0.15) is 11.1 Å². The molecule has 118 valence electrons. The number of benzene rings is 2. The van der Waals surface area contributed by atoms with Gasteiger partial charge in [-0.2, -0.15) is 0 Å². The lowest BCUT2D eigenvalue weighted by Gasteiger charge is -2.12. The predicted molar refractivity (Wildman–Crippen MR) is 90.8 cm³/mol. The average molecular weight is 366 g/mol. The highest BCUT2D eigenvalue weighted by Gasteiger charge is 2.09. The van der Waals surface area contributed by atoms with Crippen molar-refractivity contribution in [2.24, 2.45) is 0 Å². The van der Waals surface area contributed by atoms with Crippen LogP contribution in [-0.4, -0.2) is 25.9 Å². The van der Waals surface area contributed by atoms with E-state index in [1.54, 1.807) is 26.4 Å². The maximum absolute atomic E-state index is 9.26. The van der Waals surface area contributed by atoms with Gasteiger partial charge in [0.05, 0.1) is 14.2 Å². The van der Waals surface area contributed by atoms with Gasteiger partial charge in [-0.15, -0.1) is 0 Å². The number of halogens is 1. The summed E-state index contributed by atoms with van der Waals surface area (Å²) in [7, 11) is 3.26. The van der Waals surface area contributed by atoms with Crippen molar-refractivity contribution in [2.75, 3.05) is 20.8 Å². The topological polar surface area (TPSA) is 50.7 Å². The number of ether oxygens (including phenoxy) is 2. The lowest BCUT2D eigenvalue weighted by molar-refractivity contribution is 0.354. The lowest BCUT2D eigenvalue weighted by atomic mass is 10.1. The first-order chi connectivity index (χ1) is 10.6. The van der Waals surface area contributed by atoms with Gasteiger partial charge < -0.3 is 19.9 Å². The summed E-state index contributed by atoms with van der Waals surface area (Å²) in [6.45, 7) is 1.59. The van der Waals surface area contributed by atoms with E-state index in [2.05, 4.69) is 21.2 Å². The number of rotatable bonds is 7. The fourth-order valence-electron chi connectivity index (χ4n) is 2.15. The Labute approximate surface area is 139 Å². The minimum Gasteiger partial charge on any atom is -0.508 e. The molecule has 4 nitrogen and oxygen atoms in total. The van der Waals surface area contributed by atoms with E-state index in [1.807, 2.05) is 24.3 Å². The van der Waals surface area contributed by atoms with Gasteiger partial charge in [-0.05, 0) is 48.4 Å². The number of aromatic hydroxyl groups is 1. The molecule has 0 atom stereocenters. The number of phenols is 1. The molecule has 0 aliphatic heterocycles. The molecule has 2 aromatic carbocycles. The highest BCUT2D eigenvalue weighted by molar-refractivity contribution is 9.10. The minimum absolute atomic E-state index is 0.297. The monoisotopic (exact) mass is 365 g/mol.